The van der Waals surface area contributed by atoms with E-state index in [0.29, 0.717) is 0 Å². The molecule has 18 heavy (non-hydrogen) atoms. The van der Waals surface area contributed by atoms with Crippen molar-refractivity contribution in [2.75, 3.05) is 6.54 Å². The molecule has 0 aliphatic carbocycles. The zero-order chi connectivity index (χ0) is 13.9. The van der Waals surface area contributed by atoms with Gasteiger partial charge in [0, 0.05) is 13.0 Å². The van der Waals surface area contributed by atoms with E-state index in [4.69, 9.17) is 10.8 Å². The van der Waals surface area contributed by atoms with Crippen molar-refractivity contribution in [3.63, 3.8) is 0 Å². The molecule has 0 fully saturated rings. The summed E-state index contributed by atoms with van der Waals surface area (Å²) in [5, 5.41) is 8.75. The maximum Gasteiger partial charge on any atom is 0.345 e. The zero-order valence-corrected chi connectivity index (χ0v) is 12.1. The number of aromatic carboxylic acids is 1. The Bertz CT molecular complexity index is 580. The average molecular weight is 357 g/mol. The predicted molar refractivity (Wildman–Crippen MR) is 68.0 cm³/mol. The highest BCUT2D eigenvalue weighted by Crippen LogP contribution is 2.31. The Labute approximate surface area is 115 Å². The van der Waals surface area contributed by atoms with Gasteiger partial charge in [-0.15, -0.1) is 11.3 Å². The largest absolute Gasteiger partial charge is 0.477 e. The number of halogens is 1. The molecule has 1 heterocycles. The van der Waals surface area contributed by atoms with Crippen molar-refractivity contribution in [2.24, 2.45) is 5.73 Å². The molecule has 1 rings (SSSR count). The smallest absolute Gasteiger partial charge is 0.345 e. The SMILES string of the molecule is NC(=O)CCNS(=O)(=O)c1cc(C(=O)O)sc1Br. The predicted octanol–water partition coefficient (Wildman–Crippen LogP) is 0.362. The molecule has 0 aliphatic rings. The van der Waals surface area contributed by atoms with Crippen molar-refractivity contribution < 1.29 is 23.1 Å². The third kappa shape index (κ3) is 3.77. The van der Waals surface area contributed by atoms with Gasteiger partial charge in [-0.2, -0.15) is 0 Å². The van der Waals surface area contributed by atoms with Gasteiger partial charge in [-0.05, 0) is 22.0 Å². The number of hydrogen-bond donors (Lipinski definition) is 3. The summed E-state index contributed by atoms with van der Waals surface area (Å²) < 4.78 is 25.9. The van der Waals surface area contributed by atoms with Crippen LogP contribution in [0.4, 0.5) is 0 Å². The second kappa shape index (κ2) is 5.78. The number of primary amides is 1. The fourth-order valence-corrected chi connectivity index (χ4v) is 4.46. The molecule has 0 spiro atoms. The van der Waals surface area contributed by atoms with Crippen LogP contribution < -0.4 is 10.5 Å². The summed E-state index contributed by atoms with van der Waals surface area (Å²) in [6.07, 6.45) is -0.132. The molecule has 0 saturated heterocycles. The van der Waals surface area contributed by atoms with Crippen molar-refractivity contribution in [1.29, 1.82) is 0 Å². The molecule has 4 N–H and O–H groups in total. The van der Waals surface area contributed by atoms with E-state index >= 15 is 0 Å². The normalized spacial score (nSPS) is 11.4. The Morgan fingerprint density at radius 2 is 2.11 bits per heavy atom. The van der Waals surface area contributed by atoms with Gasteiger partial charge >= 0.3 is 5.97 Å². The molecule has 0 atom stereocenters. The van der Waals surface area contributed by atoms with Gasteiger partial charge in [0.1, 0.15) is 9.77 Å². The first-order chi connectivity index (χ1) is 8.24. The minimum absolute atomic E-state index is 0.0999. The van der Waals surface area contributed by atoms with E-state index in [2.05, 4.69) is 20.7 Å². The summed E-state index contributed by atoms with van der Waals surface area (Å²) in [4.78, 5) is 20.9. The van der Waals surface area contributed by atoms with Gasteiger partial charge in [-0.3, -0.25) is 4.79 Å². The third-order valence-electron chi connectivity index (χ3n) is 1.82. The maximum absolute atomic E-state index is 11.8. The molecule has 0 bridgehead atoms. The van der Waals surface area contributed by atoms with Gasteiger partial charge in [0.25, 0.3) is 0 Å². The molecule has 1 aromatic heterocycles. The Kier molecular flexibility index (Phi) is 4.85. The van der Waals surface area contributed by atoms with Gasteiger partial charge in [0.05, 0.1) is 3.79 Å². The van der Waals surface area contributed by atoms with Crippen LogP contribution in [0.15, 0.2) is 14.7 Å². The van der Waals surface area contributed by atoms with Crippen LogP contribution >= 0.6 is 27.3 Å². The van der Waals surface area contributed by atoms with E-state index in [1.165, 1.54) is 0 Å². The maximum atomic E-state index is 11.8. The first-order valence-electron chi connectivity index (χ1n) is 4.54. The van der Waals surface area contributed by atoms with Crippen LogP contribution in [0.25, 0.3) is 0 Å². The number of carbonyl (C=O) groups excluding carboxylic acids is 1. The molecule has 0 saturated carbocycles. The van der Waals surface area contributed by atoms with Gasteiger partial charge in [0.2, 0.25) is 15.9 Å². The Hall–Kier alpha value is -0.970. The van der Waals surface area contributed by atoms with Crippen LogP contribution in [0, 0.1) is 0 Å². The number of carboxylic acid groups (broad SMARTS) is 1. The van der Waals surface area contributed by atoms with Crippen LogP contribution in [0.1, 0.15) is 16.1 Å². The summed E-state index contributed by atoms with van der Waals surface area (Å²) in [5.74, 6) is -1.84. The summed E-state index contributed by atoms with van der Waals surface area (Å²) >= 11 is 3.78. The lowest BCUT2D eigenvalue weighted by Gasteiger charge is -2.03. The number of nitrogens with two attached hydrogens (primary N) is 1. The molecule has 10 heteroatoms. The lowest BCUT2D eigenvalue weighted by molar-refractivity contribution is -0.117. The highest BCUT2D eigenvalue weighted by molar-refractivity contribution is 9.11. The van der Waals surface area contributed by atoms with Crippen molar-refractivity contribution in [1.82, 2.24) is 4.72 Å². The molecule has 0 radical (unpaired) electrons. The molecule has 1 aromatic rings. The summed E-state index contributed by atoms with van der Waals surface area (Å²) in [7, 11) is -3.86. The van der Waals surface area contributed by atoms with E-state index < -0.39 is 21.9 Å². The fourth-order valence-electron chi connectivity index (χ4n) is 1.03. The van der Waals surface area contributed by atoms with Crippen LogP contribution in [0.2, 0.25) is 0 Å². The topological polar surface area (TPSA) is 127 Å². The Morgan fingerprint density at radius 1 is 1.50 bits per heavy atom. The van der Waals surface area contributed by atoms with Crippen molar-refractivity contribution in [3.05, 3.63) is 14.7 Å². The molecule has 1 amide bonds. The summed E-state index contributed by atoms with van der Waals surface area (Å²) in [6, 6.07) is 1.05. The standard InChI is InChI=1S/C8H9BrN2O5S2/c9-7-5(3-4(17-7)8(13)14)18(15,16)11-2-1-6(10)12/h3,11H,1-2H2,(H2,10,12)(H,13,14). The number of thiophene rings is 1. The second-order valence-electron chi connectivity index (χ2n) is 3.17. The quantitative estimate of drug-likeness (QED) is 0.678. The molecule has 7 nitrogen and oxygen atoms in total. The van der Waals surface area contributed by atoms with E-state index in [0.717, 1.165) is 17.4 Å². The number of carbonyl (C=O) groups is 2. The third-order valence-corrected chi connectivity index (χ3v) is 5.52. The van der Waals surface area contributed by atoms with Gasteiger partial charge in [-0.25, -0.2) is 17.9 Å². The Balaban J connectivity index is 2.91. The molecular weight excluding hydrogens is 348 g/mol. The fraction of sp³-hybridized carbons (Fsp3) is 0.250. The van der Waals surface area contributed by atoms with Crippen molar-refractivity contribution in [3.8, 4) is 0 Å². The molecule has 100 valence electrons. The van der Waals surface area contributed by atoms with Crippen LogP contribution in [0.3, 0.4) is 0 Å². The van der Waals surface area contributed by atoms with E-state index in [1.807, 2.05) is 0 Å². The van der Waals surface area contributed by atoms with E-state index in [9.17, 15) is 18.0 Å². The number of carboxylic acids is 1. The number of nitrogens with one attached hydrogen (secondary N) is 1. The summed E-state index contributed by atoms with van der Waals surface area (Å²) in [6.45, 7) is -0.137. The number of hydrogen-bond acceptors (Lipinski definition) is 5. The highest BCUT2D eigenvalue weighted by Gasteiger charge is 2.22. The second-order valence-corrected chi connectivity index (χ2v) is 7.27. The van der Waals surface area contributed by atoms with Gasteiger partial charge in [-0.1, -0.05) is 0 Å². The first kappa shape index (κ1) is 15.1. The lowest BCUT2D eigenvalue weighted by Crippen LogP contribution is -2.28. The molecule has 0 aliphatic heterocycles. The van der Waals surface area contributed by atoms with Crippen LogP contribution in [-0.4, -0.2) is 31.9 Å². The molecular formula is C8H9BrN2O5S2. The minimum Gasteiger partial charge on any atom is -0.477 e. The zero-order valence-electron chi connectivity index (χ0n) is 8.84. The lowest BCUT2D eigenvalue weighted by atomic mass is 10.4. The Morgan fingerprint density at radius 3 is 2.56 bits per heavy atom. The summed E-state index contributed by atoms with van der Waals surface area (Å²) in [5.41, 5.74) is 4.88. The monoisotopic (exact) mass is 356 g/mol. The molecule has 0 unspecified atom stereocenters. The molecule has 0 aromatic carbocycles. The van der Waals surface area contributed by atoms with E-state index in [-0.39, 0.29) is 26.5 Å². The van der Waals surface area contributed by atoms with Crippen LogP contribution in [0.5, 0.6) is 0 Å². The van der Waals surface area contributed by atoms with Gasteiger partial charge in [0.15, 0.2) is 0 Å². The highest BCUT2D eigenvalue weighted by atomic mass is 79.9. The number of rotatable bonds is 6. The van der Waals surface area contributed by atoms with Crippen molar-refractivity contribution >= 4 is 49.2 Å². The van der Waals surface area contributed by atoms with Crippen LogP contribution in [-0.2, 0) is 14.8 Å². The number of amides is 1. The first-order valence-corrected chi connectivity index (χ1v) is 7.64. The average Bonchev–Trinajstić information content (AvgIpc) is 2.60. The number of sulfonamides is 1. The van der Waals surface area contributed by atoms with Crippen molar-refractivity contribution in [2.45, 2.75) is 11.3 Å². The minimum atomic E-state index is -3.86. The van der Waals surface area contributed by atoms with E-state index in [1.54, 1.807) is 0 Å². The van der Waals surface area contributed by atoms with Gasteiger partial charge < -0.3 is 10.8 Å².